The first-order chi connectivity index (χ1) is 17.3. The molecule has 8 heteroatoms. The molecule has 0 aromatic heterocycles. The zero-order chi connectivity index (χ0) is 25.1. The summed E-state index contributed by atoms with van der Waals surface area (Å²) >= 11 is -0.576. The van der Waals surface area contributed by atoms with E-state index in [9.17, 15) is 13.6 Å². The Morgan fingerprint density at radius 2 is 1.56 bits per heavy atom. The van der Waals surface area contributed by atoms with E-state index >= 15 is 0 Å². The van der Waals surface area contributed by atoms with Crippen LogP contribution in [0, 0.1) is 24.2 Å². The van der Waals surface area contributed by atoms with E-state index < -0.39 is 23.3 Å². The Hall–Kier alpha value is -2.26. The SMILES string of the molecule is Cc1c2ccccc2c(C23CC4CC(CC(COC(=O)C(F)(F)SOOO)(C4)C2)C3)c2ccccc12. The molecule has 2 unspecified atom stereocenters. The minimum Gasteiger partial charge on any atom is -0.460 e. The van der Waals surface area contributed by atoms with Gasteiger partial charge in [-0.05, 0) is 95.4 Å². The Kier molecular flexibility index (Phi) is 5.79. The number of benzene rings is 3. The highest BCUT2D eigenvalue weighted by Gasteiger charge is 2.59. The standard InChI is InChI=1S/C28H28F2O5S/c1-17-20-6-2-4-8-22(20)24(23-9-5-3-7-21(17)23)27-13-18-10-19(14-27)12-26(11-18,15-27)16-33-25(31)28(29,30)36-35-34-32/h2-9,18-19,32H,10-16H2,1H3. The number of hydrogen-bond acceptors (Lipinski definition) is 6. The summed E-state index contributed by atoms with van der Waals surface area (Å²) in [6, 6.07) is 17.2. The van der Waals surface area contributed by atoms with Gasteiger partial charge in [-0.1, -0.05) is 53.6 Å². The van der Waals surface area contributed by atoms with Crippen LogP contribution in [0.15, 0.2) is 48.5 Å². The third kappa shape index (κ3) is 3.81. The van der Waals surface area contributed by atoms with Crippen molar-refractivity contribution in [2.45, 2.75) is 56.1 Å². The molecule has 4 aliphatic rings. The number of hydrogen-bond donors (Lipinski definition) is 1. The van der Waals surface area contributed by atoms with Crippen LogP contribution in [0.3, 0.4) is 0 Å². The van der Waals surface area contributed by atoms with Crippen LogP contribution in [-0.4, -0.2) is 23.1 Å². The van der Waals surface area contributed by atoms with Gasteiger partial charge in [-0.15, -0.1) is 4.33 Å². The molecule has 2 atom stereocenters. The van der Waals surface area contributed by atoms with Crippen molar-refractivity contribution in [2.24, 2.45) is 17.3 Å². The maximum atomic E-state index is 14.1. The highest BCUT2D eigenvalue weighted by Crippen LogP contribution is 2.67. The van der Waals surface area contributed by atoms with Gasteiger partial charge in [0.25, 0.3) is 0 Å². The third-order valence-corrected chi connectivity index (χ3v) is 9.33. The molecule has 0 saturated heterocycles. The average molecular weight is 515 g/mol. The number of ether oxygens (including phenoxy) is 1. The summed E-state index contributed by atoms with van der Waals surface area (Å²) < 4.78 is 37.2. The minimum atomic E-state index is -3.98. The van der Waals surface area contributed by atoms with Crippen molar-refractivity contribution in [1.29, 1.82) is 0 Å². The molecule has 0 spiro atoms. The Bertz CT molecular complexity index is 1270. The molecule has 4 aliphatic carbocycles. The van der Waals surface area contributed by atoms with Crippen LogP contribution in [0.2, 0.25) is 0 Å². The Morgan fingerprint density at radius 1 is 1.00 bits per heavy atom. The summed E-state index contributed by atoms with van der Waals surface area (Å²) in [6.45, 7) is 2.14. The van der Waals surface area contributed by atoms with Crippen LogP contribution in [0.4, 0.5) is 8.78 Å². The third-order valence-electron chi connectivity index (χ3n) is 8.83. The number of aryl methyl sites for hydroxylation is 1. The quantitative estimate of drug-likeness (QED) is 0.117. The van der Waals surface area contributed by atoms with Crippen LogP contribution in [0.1, 0.15) is 49.7 Å². The van der Waals surface area contributed by atoms with Crippen LogP contribution in [0.25, 0.3) is 21.5 Å². The summed E-state index contributed by atoms with van der Waals surface area (Å²) in [7, 11) is 0. The van der Waals surface area contributed by atoms with Crippen LogP contribution in [-0.2, 0) is 24.3 Å². The van der Waals surface area contributed by atoms with E-state index in [1.807, 2.05) is 0 Å². The molecule has 4 saturated carbocycles. The normalized spacial score (nSPS) is 29.2. The smallest absolute Gasteiger partial charge is 0.415 e. The van der Waals surface area contributed by atoms with E-state index in [1.165, 1.54) is 32.7 Å². The Balaban J connectivity index is 1.40. The number of carbonyl (C=O) groups is 1. The molecule has 3 aromatic rings. The molecular formula is C28H28F2O5S. The van der Waals surface area contributed by atoms with Crippen LogP contribution < -0.4 is 0 Å². The molecule has 190 valence electrons. The molecule has 4 fully saturated rings. The molecule has 1 N–H and O–H groups in total. The van der Waals surface area contributed by atoms with E-state index in [1.54, 1.807) is 0 Å². The zero-order valence-corrected chi connectivity index (χ0v) is 20.8. The number of esters is 1. The molecule has 5 nitrogen and oxygen atoms in total. The largest absolute Gasteiger partial charge is 0.460 e. The summed E-state index contributed by atoms with van der Waals surface area (Å²) in [5.74, 6) is -0.727. The van der Waals surface area contributed by atoms with Gasteiger partial charge in [0.05, 0.1) is 6.61 Å². The lowest BCUT2D eigenvalue weighted by atomic mass is 9.42. The highest BCUT2D eigenvalue weighted by atomic mass is 32.2. The predicted molar refractivity (Wildman–Crippen MR) is 133 cm³/mol. The summed E-state index contributed by atoms with van der Waals surface area (Å²) in [4.78, 5) is 12.2. The van der Waals surface area contributed by atoms with Gasteiger partial charge in [-0.3, -0.25) is 0 Å². The van der Waals surface area contributed by atoms with Gasteiger partial charge < -0.3 is 4.74 Å². The molecule has 3 aromatic carbocycles. The average Bonchev–Trinajstić information content (AvgIpc) is 2.85. The van der Waals surface area contributed by atoms with Crippen LogP contribution in [0.5, 0.6) is 0 Å². The van der Waals surface area contributed by atoms with Crippen molar-refractivity contribution < 1.29 is 32.9 Å². The van der Waals surface area contributed by atoms with Crippen molar-refractivity contribution in [1.82, 2.24) is 0 Å². The van der Waals surface area contributed by atoms with E-state index in [0.717, 1.165) is 38.5 Å². The van der Waals surface area contributed by atoms with Crippen molar-refractivity contribution >= 4 is 39.6 Å². The van der Waals surface area contributed by atoms with Crippen molar-refractivity contribution in [3.05, 3.63) is 59.7 Å². The summed E-state index contributed by atoms with van der Waals surface area (Å²) in [5.41, 5.74) is 2.22. The van der Waals surface area contributed by atoms with E-state index in [2.05, 4.69) is 64.8 Å². The molecule has 36 heavy (non-hydrogen) atoms. The highest BCUT2D eigenvalue weighted by molar-refractivity contribution is 7.96. The fourth-order valence-electron chi connectivity index (χ4n) is 8.23. The molecule has 4 bridgehead atoms. The second kappa shape index (κ2) is 8.65. The summed E-state index contributed by atoms with van der Waals surface area (Å²) in [5, 5.41) is 12.5. The van der Waals surface area contributed by atoms with Gasteiger partial charge in [0.2, 0.25) is 0 Å². The first-order valence-electron chi connectivity index (χ1n) is 12.4. The second-order valence-corrected chi connectivity index (χ2v) is 12.0. The topological polar surface area (TPSA) is 65.0 Å². The molecule has 7 rings (SSSR count). The second-order valence-electron chi connectivity index (χ2n) is 11.2. The first kappa shape index (κ1) is 24.1. The van der Waals surface area contributed by atoms with Crippen molar-refractivity contribution in [3.8, 4) is 0 Å². The van der Waals surface area contributed by atoms with E-state index in [0.29, 0.717) is 11.8 Å². The number of halogens is 2. The van der Waals surface area contributed by atoms with Gasteiger partial charge in [0.15, 0.2) is 0 Å². The molecule has 0 amide bonds. The van der Waals surface area contributed by atoms with Gasteiger partial charge in [-0.2, -0.15) is 8.78 Å². The Labute approximate surface area is 212 Å². The number of fused-ring (bicyclic) bond motifs is 2. The monoisotopic (exact) mass is 514 g/mol. The van der Waals surface area contributed by atoms with Gasteiger partial charge in [0.1, 0.15) is 12.0 Å². The zero-order valence-electron chi connectivity index (χ0n) is 20.0. The minimum absolute atomic E-state index is 0.0432. The fourth-order valence-corrected chi connectivity index (χ4v) is 8.47. The van der Waals surface area contributed by atoms with Crippen LogP contribution >= 0.6 is 12.0 Å². The molecule has 0 radical (unpaired) electrons. The maximum Gasteiger partial charge on any atom is 0.415 e. The van der Waals surface area contributed by atoms with E-state index in [4.69, 9.17) is 9.99 Å². The van der Waals surface area contributed by atoms with Gasteiger partial charge in [-0.25, -0.2) is 10.1 Å². The number of carbonyl (C=O) groups excluding carboxylic acids is 1. The summed E-state index contributed by atoms with van der Waals surface area (Å²) in [6.07, 6.45) is 5.87. The predicted octanol–water partition coefficient (Wildman–Crippen LogP) is 7.34. The van der Waals surface area contributed by atoms with Gasteiger partial charge in [0, 0.05) is 5.41 Å². The van der Waals surface area contributed by atoms with Crippen molar-refractivity contribution in [2.75, 3.05) is 6.61 Å². The lowest BCUT2D eigenvalue weighted by molar-refractivity contribution is -0.433. The molecule has 0 heterocycles. The van der Waals surface area contributed by atoms with Crippen molar-refractivity contribution in [3.63, 3.8) is 0 Å². The Morgan fingerprint density at radius 3 is 2.11 bits per heavy atom. The lowest BCUT2D eigenvalue weighted by Crippen LogP contribution is -2.56. The lowest BCUT2D eigenvalue weighted by Gasteiger charge is -2.62. The number of rotatable bonds is 7. The first-order valence-corrected chi connectivity index (χ1v) is 13.1. The van der Waals surface area contributed by atoms with E-state index in [-0.39, 0.29) is 17.4 Å². The molecular weight excluding hydrogens is 486 g/mol. The van der Waals surface area contributed by atoms with Gasteiger partial charge >= 0.3 is 11.2 Å². The fraction of sp³-hybridized carbons (Fsp3) is 0.464. The number of alkyl halides is 2. The molecule has 0 aliphatic heterocycles. The maximum absolute atomic E-state index is 14.1.